The molecule has 0 amide bonds. The highest BCUT2D eigenvalue weighted by Crippen LogP contribution is 2.37. The van der Waals surface area contributed by atoms with E-state index in [1.165, 1.54) is 16.9 Å². The van der Waals surface area contributed by atoms with Crippen LogP contribution in [-0.4, -0.2) is 88.0 Å². The highest BCUT2D eigenvalue weighted by Gasteiger charge is 2.28. The van der Waals surface area contributed by atoms with Crippen molar-refractivity contribution >= 4 is 27.0 Å². The Morgan fingerprint density at radius 3 is 2.59 bits per heavy atom. The lowest BCUT2D eigenvalue weighted by atomic mass is 10.0. The Morgan fingerprint density at radius 2 is 1.85 bits per heavy atom. The zero-order valence-electron chi connectivity index (χ0n) is 22.1. The quantitative estimate of drug-likeness (QED) is 0.383. The summed E-state index contributed by atoms with van der Waals surface area (Å²) >= 11 is 0. The number of fused-ring (bicyclic) bond motifs is 1. The molecule has 2 saturated heterocycles. The highest BCUT2D eigenvalue weighted by molar-refractivity contribution is 7.88. The van der Waals surface area contributed by atoms with E-state index in [9.17, 15) is 8.42 Å². The van der Waals surface area contributed by atoms with Gasteiger partial charge in [-0.1, -0.05) is 17.3 Å². The van der Waals surface area contributed by atoms with Crippen LogP contribution < -0.4 is 10.6 Å². The summed E-state index contributed by atoms with van der Waals surface area (Å²) in [5.74, 6) is 0.388. The Balaban J connectivity index is 1.34. The summed E-state index contributed by atoms with van der Waals surface area (Å²) in [6, 6.07) is 10.6. The number of aromatic nitrogens is 6. The Hall–Kier alpha value is -3.55. The largest absolute Gasteiger partial charge is 0.382 e. The van der Waals surface area contributed by atoms with E-state index < -0.39 is 10.0 Å². The van der Waals surface area contributed by atoms with Crippen LogP contribution in [0.15, 0.2) is 42.9 Å². The number of ether oxygens (including phenoxy) is 1. The maximum atomic E-state index is 12.0. The maximum absolute atomic E-state index is 12.0. The van der Waals surface area contributed by atoms with Crippen LogP contribution in [0.25, 0.3) is 28.0 Å². The van der Waals surface area contributed by atoms with E-state index in [1.807, 2.05) is 15.3 Å². The Kier molecular flexibility index (Phi) is 6.73. The number of nitrogens with two attached hydrogens (primary N) is 1. The maximum Gasteiger partial charge on any atom is 0.211 e. The minimum atomic E-state index is -3.21. The fraction of sp³-hybridized carbons (Fsp3) is 0.462. The fourth-order valence-electron chi connectivity index (χ4n) is 5.73. The molecule has 4 aromatic rings. The number of nitrogen functional groups attached to an aromatic ring is 1. The van der Waals surface area contributed by atoms with Crippen LogP contribution in [0.4, 0.5) is 11.5 Å². The van der Waals surface area contributed by atoms with E-state index in [0.29, 0.717) is 19.0 Å². The molecule has 13 heteroatoms. The number of nitrogens with zero attached hydrogens (tertiary/aromatic N) is 8. The molecule has 3 aromatic heterocycles. The van der Waals surface area contributed by atoms with Crippen molar-refractivity contribution in [3.05, 3.63) is 42.9 Å². The Morgan fingerprint density at radius 1 is 1.08 bits per heavy atom. The van der Waals surface area contributed by atoms with Gasteiger partial charge in [0.15, 0.2) is 5.82 Å². The summed E-state index contributed by atoms with van der Waals surface area (Å²) in [5, 5.41) is 13.2. The van der Waals surface area contributed by atoms with Gasteiger partial charge in [0.25, 0.3) is 0 Å². The molecule has 0 bridgehead atoms. The molecule has 0 radical (unpaired) electrons. The molecular weight excluding hydrogens is 518 g/mol. The van der Waals surface area contributed by atoms with Gasteiger partial charge in [-0.25, -0.2) is 26.9 Å². The predicted molar refractivity (Wildman–Crippen MR) is 149 cm³/mol. The molecule has 39 heavy (non-hydrogen) atoms. The second kappa shape index (κ2) is 10.2. The van der Waals surface area contributed by atoms with E-state index in [-0.39, 0.29) is 12.1 Å². The normalized spacial score (nSPS) is 17.9. The average Bonchev–Trinajstić information content (AvgIpc) is 3.59. The third kappa shape index (κ3) is 4.85. The topological polar surface area (TPSA) is 137 Å². The van der Waals surface area contributed by atoms with Gasteiger partial charge in [0, 0.05) is 56.2 Å². The van der Waals surface area contributed by atoms with Gasteiger partial charge in [-0.3, -0.25) is 0 Å². The summed E-state index contributed by atoms with van der Waals surface area (Å²) < 4.78 is 34.8. The molecule has 2 aliphatic heterocycles. The van der Waals surface area contributed by atoms with E-state index in [1.54, 1.807) is 13.2 Å². The standard InChI is InChI=1S/C26H33N9O3S/c1-32(39(2,36)37)19-6-10-33(11-7-19)21-5-3-4-18(14-21)23-15-22(25-26(27)28-17-30-35(23)25)24-16-29-31-34(24)20-8-12-38-13-9-20/h3-5,14-17,19-20H,6-13H2,1-2H3,(H2,27,28,30). The van der Waals surface area contributed by atoms with Crippen LogP contribution in [-0.2, 0) is 14.8 Å². The van der Waals surface area contributed by atoms with Crippen LogP contribution in [0.3, 0.4) is 0 Å². The third-order valence-electron chi connectivity index (χ3n) is 7.98. The lowest BCUT2D eigenvalue weighted by Crippen LogP contribution is -2.45. The van der Waals surface area contributed by atoms with E-state index in [4.69, 9.17) is 10.5 Å². The van der Waals surface area contributed by atoms with Crippen molar-refractivity contribution in [2.45, 2.75) is 37.8 Å². The first kappa shape index (κ1) is 25.7. The van der Waals surface area contributed by atoms with E-state index in [0.717, 1.165) is 72.5 Å². The van der Waals surface area contributed by atoms with Crippen LogP contribution in [0.5, 0.6) is 0 Å². The summed E-state index contributed by atoms with van der Waals surface area (Å²) in [6.07, 6.45) is 7.81. The van der Waals surface area contributed by atoms with E-state index >= 15 is 0 Å². The second-order valence-electron chi connectivity index (χ2n) is 10.3. The number of piperidine rings is 1. The first-order valence-electron chi connectivity index (χ1n) is 13.2. The molecule has 0 saturated carbocycles. The molecule has 2 aliphatic rings. The van der Waals surface area contributed by atoms with Crippen LogP contribution >= 0.6 is 0 Å². The zero-order valence-corrected chi connectivity index (χ0v) is 23.0. The number of hydrogen-bond acceptors (Lipinski definition) is 9. The van der Waals surface area contributed by atoms with Gasteiger partial charge >= 0.3 is 0 Å². The van der Waals surface area contributed by atoms with Crippen LogP contribution in [0.1, 0.15) is 31.7 Å². The van der Waals surface area contributed by atoms with Crippen molar-refractivity contribution in [1.82, 2.24) is 33.9 Å². The van der Waals surface area contributed by atoms with Gasteiger partial charge in [-0.15, -0.1) is 5.10 Å². The summed E-state index contributed by atoms with van der Waals surface area (Å²) in [7, 11) is -1.54. The number of benzene rings is 1. The van der Waals surface area contributed by atoms with Crippen molar-refractivity contribution in [2.24, 2.45) is 0 Å². The van der Waals surface area contributed by atoms with Gasteiger partial charge in [0.05, 0.1) is 29.9 Å². The summed E-state index contributed by atoms with van der Waals surface area (Å²) in [6.45, 7) is 2.95. The monoisotopic (exact) mass is 551 g/mol. The number of hydrogen-bond donors (Lipinski definition) is 1. The number of rotatable bonds is 6. The lowest BCUT2D eigenvalue weighted by molar-refractivity contribution is 0.0662. The smallest absolute Gasteiger partial charge is 0.211 e. The van der Waals surface area contributed by atoms with Gasteiger partial charge < -0.3 is 15.4 Å². The van der Waals surface area contributed by atoms with Crippen molar-refractivity contribution in [2.75, 3.05) is 50.2 Å². The predicted octanol–water partition coefficient (Wildman–Crippen LogP) is 2.45. The highest BCUT2D eigenvalue weighted by atomic mass is 32.2. The zero-order chi connectivity index (χ0) is 27.1. The molecule has 2 N–H and O–H groups in total. The SMILES string of the molecule is CN(C1CCN(c2cccc(-c3cc(-c4cnnn4C4CCOCC4)c4c(N)ncnn34)c2)CC1)S(C)(=O)=O. The van der Waals surface area contributed by atoms with Gasteiger partial charge in [0.1, 0.15) is 11.8 Å². The Bertz CT molecular complexity index is 1590. The molecule has 206 valence electrons. The molecule has 5 heterocycles. The molecule has 0 atom stereocenters. The van der Waals surface area contributed by atoms with Gasteiger partial charge in [-0.2, -0.15) is 5.10 Å². The molecular formula is C26H33N9O3S. The molecule has 0 spiro atoms. The molecule has 6 rings (SSSR count). The van der Waals surface area contributed by atoms with Crippen LogP contribution in [0.2, 0.25) is 0 Å². The minimum absolute atomic E-state index is 0.0189. The summed E-state index contributed by atoms with van der Waals surface area (Å²) in [4.78, 5) is 6.58. The van der Waals surface area contributed by atoms with Crippen molar-refractivity contribution in [3.8, 4) is 22.5 Å². The van der Waals surface area contributed by atoms with Gasteiger partial charge in [-0.05, 0) is 43.9 Å². The molecule has 0 unspecified atom stereocenters. The number of anilines is 2. The average molecular weight is 552 g/mol. The second-order valence-corrected chi connectivity index (χ2v) is 12.3. The summed E-state index contributed by atoms with van der Waals surface area (Å²) in [5.41, 5.74) is 11.8. The first-order chi connectivity index (χ1) is 18.8. The number of sulfonamides is 1. The molecule has 0 aliphatic carbocycles. The minimum Gasteiger partial charge on any atom is -0.382 e. The fourth-order valence-corrected chi connectivity index (χ4v) is 6.48. The first-order valence-corrected chi connectivity index (χ1v) is 15.0. The third-order valence-corrected chi connectivity index (χ3v) is 9.32. The Labute approximate surface area is 227 Å². The molecule has 1 aromatic carbocycles. The van der Waals surface area contributed by atoms with Crippen molar-refractivity contribution in [1.29, 1.82) is 0 Å². The van der Waals surface area contributed by atoms with Crippen molar-refractivity contribution < 1.29 is 13.2 Å². The molecule has 2 fully saturated rings. The van der Waals surface area contributed by atoms with E-state index in [2.05, 4.69) is 49.6 Å². The van der Waals surface area contributed by atoms with Gasteiger partial charge in [0.2, 0.25) is 10.0 Å². The molecule has 12 nitrogen and oxygen atoms in total. The van der Waals surface area contributed by atoms with Crippen molar-refractivity contribution in [3.63, 3.8) is 0 Å². The van der Waals surface area contributed by atoms with Crippen LogP contribution in [0, 0.1) is 0 Å². The lowest BCUT2D eigenvalue weighted by Gasteiger charge is -2.37.